The van der Waals surface area contributed by atoms with Gasteiger partial charge in [0.1, 0.15) is 0 Å². The minimum Gasteiger partial charge on any atom is -0.221 e. The van der Waals surface area contributed by atoms with Crippen molar-refractivity contribution in [3.63, 3.8) is 0 Å². The zero-order valence-corrected chi connectivity index (χ0v) is 10.3. The van der Waals surface area contributed by atoms with E-state index in [9.17, 15) is 13.2 Å². The molecule has 0 aliphatic carbocycles. The molecule has 3 rings (SSSR count). The zero-order chi connectivity index (χ0) is 14.2. The lowest BCUT2D eigenvalue weighted by molar-refractivity contribution is -0.137. The standard InChI is InChI=1S/C14H10F3N3/c15-14(16,17)11-6-4-10(5-7-11)9-12-18-13-3-1-2-8-20(13)19-12/h1-8H,9H2. The van der Waals surface area contributed by atoms with E-state index < -0.39 is 11.7 Å². The first-order valence-electron chi connectivity index (χ1n) is 5.99. The summed E-state index contributed by atoms with van der Waals surface area (Å²) in [5.74, 6) is 0.580. The molecule has 2 heterocycles. The summed E-state index contributed by atoms with van der Waals surface area (Å²) in [4.78, 5) is 4.31. The van der Waals surface area contributed by atoms with Crippen LogP contribution in [0, 0.1) is 0 Å². The fourth-order valence-electron chi connectivity index (χ4n) is 1.95. The van der Waals surface area contributed by atoms with Crippen molar-refractivity contribution in [3.8, 4) is 0 Å². The molecule has 3 aromatic rings. The summed E-state index contributed by atoms with van der Waals surface area (Å²) in [6, 6.07) is 10.6. The first-order valence-corrected chi connectivity index (χ1v) is 5.99. The van der Waals surface area contributed by atoms with E-state index in [2.05, 4.69) is 10.1 Å². The fourth-order valence-corrected chi connectivity index (χ4v) is 1.95. The Morgan fingerprint density at radius 2 is 1.75 bits per heavy atom. The van der Waals surface area contributed by atoms with Crippen LogP contribution >= 0.6 is 0 Å². The molecular formula is C14H10F3N3. The van der Waals surface area contributed by atoms with Crippen molar-refractivity contribution >= 4 is 5.65 Å². The Hall–Kier alpha value is -2.37. The van der Waals surface area contributed by atoms with Crippen molar-refractivity contribution in [2.45, 2.75) is 12.6 Å². The third kappa shape index (κ3) is 2.49. The van der Waals surface area contributed by atoms with E-state index in [0.29, 0.717) is 12.2 Å². The highest BCUT2D eigenvalue weighted by Crippen LogP contribution is 2.29. The Morgan fingerprint density at radius 1 is 1.00 bits per heavy atom. The van der Waals surface area contributed by atoms with Gasteiger partial charge in [0.2, 0.25) is 0 Å². The van der Waals surface area contributed by atoms with Gasteiger partial charge in [0.15, 0.2) is 11.5 Å². The molecule has 0 spiro atoms. The molecule has 0 bridgehead atoms. The van der Waals surface area contributed by atoms with Crippen LogP contribution in [0.2, 0.25) is 0 Å². The van der Waals surface area contributed by atoms with E-state index in [1.54, 1.807) is 10.7 Å². The van der Waals surface area contributed by atoms with Crippen LogP contribution in [-0.4, -0.2) is 14.6 Å². The maximum atomic E-state index is 12.5. The lowest BCUT2D eigenvalue weighted by Gasteiger charge is -2.06. The van der Waals surface area contributed by atoms with Crippen molar-refractivity contribution in [1.29, 1.82) is 0 Å². The normalized spacial score (nSPS) is 11.9. The number of aromatic nitrogens is 3. The summed E-state index contributed by atoms with van der Waals surface area (Å²) in [6.07, 6.45) is -2.13. The van der Waals surface area contributed by atoms with Crippen molar-refractivity contribution < 1.29 is 13.2 Å². The monoisotopic (exact) mass is 277 g/mol. The SMILES string of the molecule is FC(F)(F)c1ccc(Cc2nc3ccccn3n2)cc1. The summed E-state index contributed by atoms with van der Waals surface area (Å²) in [7, 11) is 0. The topological polar surface area (TPSA) is 30.2 Å². The Bertz CT molecular complexity index is 696. The van der Waals surface area contributed by atoms with Gasteiger partial charge in [0.25, 0.3) is 0 Å². The molecule has 3 nitrogen and oxygen atoms in total. The largest absolute Gasteiger partial charge is 0.416 e. The molecule has 0 saturated carbocycles. The van der Waals surface area contributed by atoms with Gasteiger partial charge in [-0.05, 0) is 29.8 Å². The quantitative estimate of drug-likeness (QED) is 0.719. The summed E-state index contributed by atoms with van der Waals surface area (Å²) in [5.41, 5.74) is 0.813. The molecule has 102 valence electrons. The fraction of sp³-hybridized carbons (Fsp3) is 0.143. The Labute approximate surface area is 112 Å². The van der Waals surface area contributed by atoms with Gasteiger partial charge >= 0.3 is 6.18 Å². The number of benzene rings is 1. The van der Waals surface area contributed by atoms with Crippen molar-refractivity contribution in [2.24, 2.45) is 0 Å². The highest BCUT2D eigenvalue weighted by molar-refractivity contribution is 5.37. The molecule has 0 fully saturated rings. The summed E-state index contributed by atoms with van der Waals surface area (Å²) in [6.45, 7) is 0. The molecule has 0 aliphatic rings. The molecule has 2 aromatic heterocycles. The molecule has 0 amide bonds. The van der Waals surface area contributed by atoms with Gasteiger partial charge in [0.05, 0.1) is 5.56 Å². The summed E-state index contributed by atoms with van der Waals surface area (Å²) >= 11 is 0. The van der Waals surface area contributed by atoms with Gasteiger partial charge in [-0.2, -0.15) is 18.3 Å². The van der Waals surface area contributed by atoms with E-state index in [1.165, 1.54) is 12.1 Å². The number of rotatable bonds is 2. The van der Waals surface area contributed by atoms with Crippen LogP contribution in [0.4, 0.5) is 13.2 Å². The predicted octanol–water partition coefficient (Wildman–Crippen LogP) is 3.34. The van der Waals surface area contributed by atoms with Gasteiger partial charge < -0.3 is 0 Å². The van der Waals surface area contributed by atoms with Crippen LogP contribution in [0.15, 0.2) is 48.7 Å². The minimum atomic E-state index is -4.31. The maximum Gasteiger partial charge on any atom is 0.416 e. The minimum absolute atomic E-state index is 0.403. The molecule has 0 unspecified atom stereocenters. The number of nitrogens with zero attached hydrogens (tertiary/aromatic N) is 3. The van der Waals surface area contributed by atoms with Gasteiger partial charge in [-0.25, -0.2) is 9.50 Å². The van der Waals surface area contributed by atoms with Crippen LogP contribution in [0.25, 0.3) is 5.65 Å². The van der Waals surface area contributed by atoms with Crippen molar-refractivity contribution in [3.05, 3.63) is 65.6 Å². The molecule has 0 saturated heterocycles. The molecule has 6 heteroatoms. The third-order valence-corrected chi connectivity index (χ3v) is 2.93. The van der Waals surface area contributed by atoms with Gasteiger partial charge in [-0.15, -0.1) is 0 Å². The molecule has 0 aliphatic heterocycles. The first-order chi connectivity index (χ1) is 9.52. The number of pyridine rings is 1. The highest BCUT2D eigenvalue weighted by Gasteiger charge is 2.29. The lowest BCUT2D eigenvalue weighted by Crippen LogP contribution is -2.04. The van der Waals surface area contributed by atoms with E-state index in [0.717, 1.165) is 23.3 Å². The molecule has 0 N–H and O–H groups in total. The number of alkyl halides is 3. The second kappa shape index (κ2) is 4.63. The number of hydrogen-bond donors (Lipinski definition) is 0. The molecule has 20 heavy (non-hydrogen) atoms. The summed E-state index contributed by atoms with van der Waals surface area (Å²) < 4.78 is 39.0. The Balaban J connectivity index is 1.84. The Morgan fingerprint density at radius 3 is 2.40 bits per heavy atom. The van der Waals surface area contributed by atoms with Crippen molar-refractivity contribution in [2.75, 3.05) is 0 Å². The molecule has 0 atom stereocenters. The van der Waals surface area contributed by atoms with E-state index in [1.807, 2.05) is 18.2 Å². The van der Waals surface area contributed by atoms with E-state index >= 15 is 0 Å². The number of halogens is 3. The van der Waals surface area contributed by atoms with E-state index in [-0.39, 0.29) is 0 Å². The number of hydrogen-bond acceptors (Lipinski definition) is 2. The van der Waals surface area contributed by atoms with Crippen LogP contribution in [0.5, 0.6) is 0 Å². The Kier molecular flexibility index (Phi) is 2.93. The lowest BCUT2D eigenvalue weighted by atomic mass is 10.1. The maximum absolute atomic E-state index is 12.5. The molecular weight excluding hydrogens is 267 g/mol. The summed E-state index contributed by atoms with van der Waals surface area (Å²) in [5, 5.41) is 4.26. The van der Waals surface area contributed by atoms with E-state index in [4.69, 9.17) is 0 Å². The zero-order valence-electron chi connectivity index (χ0n) is 10.3. The average molecular weight is 277 g/mol. The third-order valence-electron chi connectivity index (χ3n) is 2.93. The molecule has 1 aromatic carbocycles. The first kappa shape index (κ1) is 12.7. The highest BCUT2D eigenvalue weighted by atomic mass is 19.4. The van der Waals surface area contributed by atoms with Gasteiger partial charge in [-0.3, -0.25) is 0 Å². The van der Waals surface area contributed by atoms with Crippen LogP contribution in [-0.2, 0) is 12.6 Å². The predicted molar refractivity (Wildman–Crippen MR) is 67.2 cm³/mol. The smallest absolute Gasteiger partial charge is 0.221 e. The molecule has 0 radical (unpaired) electrons. The average Bonchev–Trinajstić information content (AvgIpc) is 2.80. The second-order valence-electron chi connectivity index (χ2n) is 4.40. The van der Waals surface area contributed by atoms with Gasteiger partial charge in [-0.1, -0.05) is 18.2 Å². The van der Waals surface area contributed by atoms with Crippen LogP contribution in [0.1, 0.15) is 17.0 Å². The van der Waals surface area contributed by atoms with Crippen LogP contribution in [0.3, 0.4) is 0 Å². The van der Waals surface area contributed by atoms with Crippen molar-refractivity contribution in [1.82, 2.24) is 14.6 Å². The second-order valence-corrected chi connectivity index (χ2v) is 4.40. The van der Waals surface area contributed by atoms with Crippen LogP contribution < -0.4 is 0 Å². The van der Waals surface area contributed by atoms with Gasteiger partial charge in [0, 0.05) is 12.6 Å². The number of fused-ring (bicyclic) bond motifs is 1.